The van der Waals surface area contributed by atoms with Crippen molar-refractivity contribution >= 4 is 17.7 Å². The number of aromatic nitrogens is 3. The number of thioether (sulfide) groups is 1. The molecule has 0 unspecified atom stereocenters. The van der Waals surface area contributed by atoms with E-state index in [9.17, 15) is 0 Å². The van der Waals surface area contributed by atoms with Crippen LogP contribution >= 0.6 is 11.8 Å². The molecule has 5 nitrogen and oxygen atoms in total. The molecule has 2 aromatic heterocycles. The quantitative estimate of drug-likeness (QED) is 0.619. The number of nitrogens with two attached hydrogens (primary N) is 1. The molecule has 0 atom stereocenters. The number of furan rings is 1. The van der Waals surface area contributed by atoms with Crippen molar-refractivity contribution in [2.24, 2.45) is 0 Å². The van der Waals surface area contributed by atoms with Crippen molar-refractivity contribution in [3.05, 3.63) is 30.0 Å². The molecule has 0 saturated carbocycles. The first-order valence-corrected chi connectivity index (χ1v) is 7.41. The van der Waals surface area contributed by atoms with Crippen LogP contribution in [0.1, 0.15) is 37.6 Å². The first-order valence-electron chi connectivity index (χ1n) is 6.42. The molecule has 2 N–H and O–H groups in total. The molecule has 102 valence electrons. The highest BCUT2D eigenvalue weighted by Crippen LogP contribution is 2.17. The van der Waals surface area contributed by atoms with E-state index in [1.807, 2.05) is 6.07 Å². The number of nitrogen functional groups attached to an aromatic ring is 1. The lowest BCUT2D eigenvalue weighted by molar-refractivity contribution is 0.564. The van der Waals surface area contributed by atoms with Crippen LogP contribution in [0.25, 0.3) is 0 Å². The summed E-state index contributed by atoms with van der Waals surface area (Å²) in [6.07, 6.45) is 7.56. The van der Waals surface area contributed by atoms with Gasteiger partial charge in [-0.05, 0) is 18.1 Å². The predicted octanol–water partition coefficient (Wildman–Crippen LogP) is 2.92. The minimum absolute atomic E-state index is 0.284. The van der Waals surface area contributed by atoms with Crippen LogP contribution in [0, 0.1) is 0 Å². The van der Waals surface area contributed by atoms with Gasteiger partial charge in [-0.25, -0.2) is 4.98 Å². The smallest absolute Gasteiger partial charge is 0.224 e. The van der Waals surface area contributed by atoms with Gasteiger partial charge in [0.05, 0.1) is 12.5 Å². The van der Waals surface area contributed by atoms with Crippen LogP contribution < -0.4 is 5.73 Å². The minimum atomic E-state index is 0.284. The molecule has 0 aliphatic rings. The van der Waals surface area contributed by atoms with Gasteiger partial charge in [0.1, 0.15) is 5.82 Å². The molecule has 0 aliphatic carbocycles. The second kappa shape index (κ2) is 7.13. The third-order valence-electron chi connectivity index (χ3n) is 2.60. The van der Waals surface area contributed by atoms with Gasteiger partial charge in [-0.1, -0.05) is 31.5 Å². The zero-order valence-electron chi connectivity index (χ0n) is 11.0. The Morgan fingerprint density at radius 2 is 2.16 bits per heavy atom. The van der Waals surface area contributed by atoms with Gasteiger partial charge in [0.2, 0.25) is 5.95 Å². The molecule has 0 bridgehead atoms. The summed E-state index contributed by atoms with van der Waals surface area (Å²) < 4.78 is 5.03. The second-order valence-corrected chi connectivity index (χ2v) is 5.32. The fraction of sp³-hybridized carbons (Fsp3) is 0.462. The van der Waals surface area contributed by atoms with Gasteiger partial charge in [0.15, 0.2) is 5.16 Å². The van der Waals surface area contributed by atoms with Crippen LogP contribution in [0.2, 0.25) is 0 Å². The molecule has 0 amide bonds. The molecular weight excluding hydrogens is 260 g/mol. The Kier molecular flexibility index (Phi) is 5.20. The molecule has 0 radical (unpaired) electrons. The van der Waals surface area contributed by atoms with Crippen molar-refractivity contribution in [3.8, 4) is 0 Å². The van der Waals surface area contributed by atoms with Crippen LogP contribution in [-0.2, 0) is 6.42 Å². The van der Waals surface area contributed by atoms with Crippen molar-refractivity contribution in [3.63, 3.8) is 0 Å². The van der Waals surface area contributed by atoms with E-state index in [-0.39, 0.29) is 5.95 Å². The van der Waals surface area contributed by atoms with E-state index in [4.69, 9.17) is 10.2 Å². The van der Waals surface area contributed by atoms with Gasteiger partial charge in [-0.3, -0.25) is 0 Å². The fourth-order valence-electron chi connectivity index (χ4n) is 1.65. The van der Waals surface area contributed by atoms with Crippen molar-refractivity contribution in [1.29, 1.82) is 0 Å². The summed E-state index contributed by atoms with van der Waals surface area (Å²) in [5.41, 5.74) is 6.75. The van der Waals surface area contributed by atoms with Crippen LogP contribution in [0.3, 0.4) is 0 Å². The summed E-state index contributed by atoms with van der Waals surface area (Å²) in [5, 5.41) is 0.710. The largest absolute Gasteiger partial charge is 0.472 e. The Labute approximate surface area is 117 Å². The molecule has 2 aromatic rings. The van der Waals surface area contributed by atoms with Crippen molar-refractivity contribution < 1.29 is 4.42 Å². The van der Waals surface area contributed by atoms with Crippen molar-refractivity contribution in [2.75, 3.05) is 11.5 Å². The molecule has 19 heavy (non-hydrogen) atoms. The summed E-state index contributed by atoms with van der Waals surface area (Å²) in [7, 11) is 0. The zero-order valence-corrected chi connectivity index (χ0v) is 11.8. The lowest BCUT2D eigenvalue weighted by Gasteiger charge is -2.03. The number of unbranched alkanes of at least 4 members (excludes halogenated alkanes) is 2. The van der Waals surface area contributed by atoms with E-state index >= 15 is 0 Å². The van der Waals surface area contributed by atoms with Crippen LogP contribution in [-0.4, -0.2) is 20.7 Å². The first kappa shape index (κ1) is 13.9. The number of nitrogens with zero attached hydrogens (tertiary/aromatic N) is 3. The van der Waals surface area contributed by atoms with Gasteiger partial charge in [0, 0.05) is 12.2 Å². The number of hydrogen-bond donors (Lipinski definition) is 1. The molecule has 2 rings (SSSR count). The number of rotatable bonds is 7. The molecule has 0 aliphatic heterocycles. The summed E-state index contributed by atoms with van der Waals surface area (Å²) in [6, 6.07) is 1.90. The maximum absolute atomic E-state index is 5.72. The highest BCUT2D eigenvalue weighted by atomic mass is 32.2. The van der Waals surface area contributed by atoms with Gasteiger partial charge >= 0.3 is 0 Å². The summed E-state index contributed by atoms with van der Waals surface area (Å²) in [5.74, 6) is 1.99. The SMILES string of the molecule is CCCCCSc1nc(N)nc(Cc2ccoc2)n1. The Balaban J connectivity index is 1.98. The Morgan fingerprint density at radius 1 is 1.26 bits per heavy atom. The second-order valence-electron chi connectivity index (χ2n) is 4.26. The van der Waals surface area contributed by atoms with Crippen LogP contribution in [0.4, 0.5) is 5.95 Å². The standard InChI is InChI=1S/C13H18N4OS/c1-2-3-4-7-19-13-16-11(15-12(14)17-13)8-10-5-6-18-9-10/h5-6,9H,2-4,7-8H2,1H3,(H2,14,15,16,17). The Morgan fingerprint density at radius 3 is 2.89 bits per heavy atom. The summed E-state index contributed by atoms with van der Waals surface area (Å²) >= 11 is 1.64. The monoisotopic (exact) mass is 278 g/mol. The summed E-state index contributed by atoms with van der Waals surface area (Å²) in [4.78, 5) is 12.7. The minimum Gasteiger partial charge on any atom is -0.472 e. The molecule has 2 heterocycles. The molecule has 0 saturated heterocycles. The number of hydrogen-bond acceptors (Lipinski definition) is 6. The molecule has 0 spiro atoms. The molecule has 6 heteroatoms. The van der Waals surface area contributed by atoms with Crippen LogP contribution in [0.5, 0.6) is 0 Å². The number of anilines is 1. The molecular formula is C13H18N4OS. The fourth-order valence-corrected chi connectivity index (χ4v) is 2.51. The average Bonchev–Trinajstić information content (AvgIpc) is 2.87. The van der Waals surface area contributed by atoms with E-state index in [2.05, 4.69) is 21.9 Å². The van der Waals surface area contributed by atoms with Gasteiger partial charge < -0.3 is 10.2 Å². The molecule has 0 aromatic carbocycles. The van der Waals surface area contributed by atoms with E-state index < -0.39 is 0 Å². The first-order chi connectivity index (χ1) is 9.28. The molecule has 0 fully saturated rings. The topological polar surface area (TPSA) is 77.8 Å². The maximum atomic E-state index is 5.72. The highest BCUT2D eigenvalue weighted by Gasteiger charge is 2.06. The van der Waals surface area contributed by atoms with Gasteiger partial charge in [0.25, 0.3) is 0 Å². The lowest BCUT2D eigenvalue weighted by Crippen LogP contribution is -2.05. The van der Waals surface area contributed by atoms with Crippen LogP contribution in [0.15, 0.2) is 28.2 Å². The van der Waals surface area contributed by atoms with E-state index in [1.165, 1.54) is 19.3 Å². The third kappa shape index (κ3) is 4.55. The van der Waals surface area contributed by atoms with Crippen molar-refractivity contribution in [1.82, 2.24) is 15.0 Å². The van der Waals surface area contributed by atoms with Crippen molar-refractivity contribution in [2.45, 2.75) is 37.8 Å². The van der Waals surface area contributed by atoms with E-state index in [0.717, 1.165) is 11.3 Å². The lowest BCUT2D eigenvalue weighted by atomic mass is 10.2. The van der Waals surface area contributed by atoms with E-state index in [0.29, 0.717) is 17.4 Å². The Bertz CT molecular complexity index is 501. The Hall–Kier alpha value is -1.56. The normalized spacial score (nSPS) is 10.8. The zero-order chi connectivity index (χ0) is 13.5. The third-order valence-corrected chi connectivity index (χ3v) is 3.53. The maximum Gasteiger partial charge on any atom is 0.224 e. The van der Waals surface area contributed by atoms with Gasteiger partial charge in [-0.2, -0.15) is 9.97 Å². The predicted molar refractivity (Wildman–Crippen MR) is 76.0 cm³/mol. The summed E-state index contributed by atoms with van der Waals surface area (Å²) in [6.45, 7) is 2.19. The highest BCUT2D eigenvalue weighted by molar-refractivity contribution is 7.99. The van der Waals surface area contributed by atoms with Gasteiger partial charge in [-0.15, -0.1) is 0 Å². The van der Waals surface area contributed by atoms with E-state index in [1.54, 1.807) is 24.3 Å². The average molecular weight is 278 g/mol.